The molecule has 4 aromatic rings. The Balaban J connectivity index is 1.60. The van der Waals surface area contributed by atoms with E-state index >= 15 is 0 Å². The van der Waals surface area contributed by atoms with Gasteiger partial charge in [0.1, 0.15) is 11.6 Å². The van der Waals surface area contributed by atoms with Gasteiger partial charge in [-0.15, -0.1) is 0 Å². The lowest BCUT2D eigenvalue weighted by Gasteiger charge is -2.36. The largest absolute Gasteiger partial charge is 0.491 e. The van der Waals surface area contributed by atoms with E-state index in [1.165, 1.54) is 12.1 Å². The number of hydrogen-bond acceptors (Lipinski definition) is 5. The van der Waals surface area contributed by atoms with Crippen LogP contribution >= 0.6 is 0 Å². The van der Waals surface area contributed by atoms with Crippen LogP contribution in [0.25, 0.3) is 16.8 Å². The van der Waals surface area contributed by atoms with E-state index in [0.717, 1.165) is 36.8 Å². The van der Waals surface area contributed by atoms with Crippen LogP contribution in [0.15, 0.2) is 66.7 Å². The number of amides is 2. The molecular formula is C39H47FN4O4. The average Bonchev–Trinajstić information content (AvgIpc) is 3.47. The number of unbranched alkanes of at least 4 members (excludes halogenated alkanes) is 2. The normalized spacial score (nSPS) is 14.2. The molecule has 2 heterocycles. The molecule has 1 N–H and O–H groups in total. The monoisotopic (exact) mass is 654 g/mol. The maximum Gasteiger partial charge on any atom is 0.274 e. The van der Waals surface area contributed by atoms with Gasteiger partial charge < -0.3 is 19.6 Å². The van der Waals surface area contributed by atoms with Gasteiger partial charge in [-0.2, -0.15) is 5.10 Å². The smallest absolute Gasteiger partial charge is 0.274 e. The quantitative estimate of drug-likeness (QED) is 0.163. The summed E-state index contributed by atoms with van der Waals surface area (Å²) in [6, 6.07) is 19.2. The summed E-state index contributed by atoms with van der Waals surface area (Å²) in [6.07, 6.45) is 4.16. The van der Waals surface area contributed by atoms with Crippen LogP contribution in [0, 0.1) is 12.7 Å². The number of carbonyl (C=O) groups excluding carboxylic acids is 2. The van der Waals surface area contributed by atoms with Crippen LogP contribution in [-0.4, -0.2) is 68.3 Å². The minimum absolute atomic E-state index is 0.131. The summed E-state index contributed by atoms with van der Waals surface area (Å²) < 4.78 is 22.3. The lowest BCUT2D eigenvalue weighted by molar-refractivity contribution is 0.0544. The highest BCUT2D eigenvalue weighted by molar-refractivity contribution is 6.00. The fourth-order valence-corrected chi connectivity index (χ4v) is 6.28. The van der Waals surface area contributed by atoms with Crippen LogP contribution in [-0.2, 0) is 13.0 Å². The Morgan fingerprint density at radius 2 is 1.69 bits per heavy atom. The molecule has 9 heteroatoms. The Kier molecular flexibility index (Phi) is 11.3. The fraction of sp³-hybridized carbons (Fsp3) is 0.410. The van der Waals surface area contributed by atoms with Crippen LogP contribution in [0.5, 0.6) is 5.75 Å². The van der Waals surface area contributed by atoms with Gasteiger partial charge in [0.2, 0.25) is 0 Å². The van der Waals surface area contributed by atoms with Crippen LogP contribution in [0.2, 0.25) is 0 Å². The number of aliphatic hydroxyl groups excluding tert-OH is 1. The molecule has 5 rings (SSSR count). The summed E-state index contributed by atoms with van der Waals surface area (Å²) in [7, 11) is 0. The number of rotatable bonds is 13. The third kappa shape index (κ3) is 7.79. The molecule has 3 aromatic carbocycles. The number of aryl methyl sites for hydroxylation is 1. The van der Waals surface area contributed by atoms with E-state index in [-0.39, 0.29) is 24.5 Å². The standard InChI is InChI=1S/C39H47FN4O4/c1-6-8-16-42(17-9-7-2)39(47)36-18-27(5)44(41-36)37-15-14-29(31-19-32(40)23-34(21-31)48-26(3)4)22-35(37)38(46)43-24-30-13-11-10-12-28(30)20-33(43)25-45/h10-15,18-19,21-23,26,33,45H,6-9,16-17,20,24-25H2,1-5H3/t33-/m0/s1. The zero-order chi connectivity index (χ0) is 34.4. The first kappa shape index (κ1) is 34.8. The lowest BCUT2D eigenvalue weighted by atomic mass is 9.93. The number of aromatic nitrogens is 2. The Morgan fingerprint density at radius 1 is 0.979 bits per heavy atom. The van der Waals surface area contributed by atoms with Gasteiger partial charge in [0.15, 0.2) is 5.69 Å². The van der Waals surface area contributed by atoms with E-state index in [4.69, 9.17) is 9.84 Å². The third-order valence-corrected chi connectivity index (χ3v) is 8.82. The van der Waals surface area contributed by atoms with E-state index < -0.39 is 11.9 Å². The molecule has 48 heavy (non-hydrogen) atoms. The maximum atomic E-state index is 14.8. The first-order chi connectivity index (χ1) is 23.1. The highest BCUT2D eigenvalue weighted by atomic mass is 19.1. The predicted molar refractivity (Wildman–Crippen MR) is 186 cm³/mol. The second-order valence-corrected chi connectivity index (χ2v) is 12.9. The average molecular weight is 655 g/mol. The van der Waals surface area contributed by atoms with Crippen LogP contribution in [0.1, 0.15) is 91.0 Å². The number of carbonyl (C=O) groups is 2. The van der Waals surface area contributed by atoms with Crippen molar-refractivity contribution in [2.75, 3.05) is 19.7 Å². The molecule has 0 bridgehead atoms. The summed E-state index contributed by atoms with van der Waals surface area (Å²) >= 11 is 0. The van der Waals surface area contributed by atoms with Crippen molar-refractivity contribution in [2.24, 2.45) is 0 Å². The summed E-state index contributed by atoms with van der Waals surface area (Å²) in [6.45, 7) is 11.3. The van der Waals surface area contributed by atoms with E-state index in [2.05, 4.69) is 13.8 Å². The van der Waals surface area contributed by atoms with Crippen molar-refractivity contribution in [2.45, 2.75) is 85.4 Å². The highest BCUT2D eigenvalue weighted by Crippen LogP contribution is 2.32. The summed E-state index contributed by atoms with van der Waals surface area (Å²) in [5.41, 5.74) is 5.17. The summed E-state index contributed by atoms with van der Waals surface area (Å²) in [4.78, 5) is 31.9. The minimum Gasteiger partial charge on any atom is -0.491 e. The molecule has 0 unspecified atom stereocenters. The predicted octanol–water partition coefficient (Wildman–Crippen LogP) is 7.38. The Hall–Kier alpha value is -4.50. The van der Waals surface area contributed by atoms with Gasteiger partial charge >= 0.3 is 0 Å². The Morgan fingerprint density at radius 3 is 2.35 bits per heavy atom. The van der Waals surface area contributed by atoms with Crippen molar-refractivity contribution >= 4 is 11.8 Å². The summed E-state index contributed by atoms with van der Waals surface area (Å²) in [5.74, 6) is -0.471. The number of benzene rings is 3. The SMILES string of the molecule is CCCCN(CCCC)C(=O)c1cc(C)n(-c2ccc(-c3cc(F)cc(OC(C)C)c3)cc2C(=O)N2Cc3ccccc3C[C@H]2CO)n1. The topological polar surface area (TPSA) is 87.9 Å². The maximum absolute atomic E-state index is 14.8. The zero-order valence-electron chi connectivity index (χ0n) is 28.7. The molecule has 0 radical (unpaired) electrons. The molecule has 0 saturated heterocycles. The molecule has 0 fully saturated rings. The molecule has 1 aliphatic heterocycles. The molecule has 8 nitrogen and oxygen atoms in total. The number of ether oxygens (including phenoxy) is 1. The van der Waals surface area contributed by atoms with Gasteiger partial charge in [-0.05, 0) is 92.6 Å². The van der Waals surface area contributed by atoms with Gasteiger partial charge in [0, 0.05) is 31.4 Å². The van der Waals surface area contributed by atoms with Crippen molar-refractivity contribution in [3.8, 4) is 22.6 Å². The van der Waals surface area contributed by atoms with Gasteiger partial charge in [0.25, 0.3) is 11.8 Å². The molecule has 1 aliphatic rings. The molecule has 1 atom stereocenters. The third-order valence-electron chi connectivity index (χ3n) is 8.82. The van der Waals surface area contributed by atoms with Crippen molar-refractivity contribution < 1.29 is 23.8 Å². The van der Waals surface area contributed by atoms with Gasteiger partial charge in [-0.3, -0.25) is 9.59 Å². The number of hydrogen-bond donors (Lipinski definition) is 1. The molecule has 0 spiro atoms. The summed E-state index contributed by atoms with van der Waals surface area (Å²) in [5, 5.41) is 15.2. The Labute approximate surface area is 283 Å². The molecule has 2 amide bonds. The van der Waals surface area contributed by atoms with E-state index in [1.54, 1.807) is 33.8 Å². The van der Waals surface area contributed by atoms with Crippen molar-refractivity contribution in [3.05, 3.63) is 101 Å². The van der Waals surface area contributed by atoms with Crippen molar-refractivity contribution in [1.82, 2.24) is 19.6 Å². The highest BCUT2D eigenvalue weighted by Gasteiger charge is 2.32. The van der Waals surface area contributed by atoms with Crippen molar-refractivity contribution in [3.63, 3.8) is 0 Å². The van der Waals surface area contributed by atoms with Crippen LogP contribution in [0.4, 0.5) is 4.39 Å². The van der Waals surface area contributed by atoms with Crippen LogP contribution in [0.3, 0.4) is 0 Å². The second kappa shape index (κ2) is 15.6. The van der Waals surface area contributed by atoms with E-state index in [0.29, 0.717) is 65.6 Å². The lowest BCUT2D eigenvalue weighted by Crippen LogP contribution is -2.46. The molecule has 1 aromatic heterocycles. The molecular weight excluding hydrogens is 607 g/mol. The number of halogens is 1. The van der Waals surface area contributed by atoms with E-state index in [1.807, 2.05) is 56.0 Å². The van der Waals surface area contributed by atoms with Gasteiger partial charge in [-0.1, -0.05) is 57.0 Å². The van der Waals surface area contributed by atoms with Crippen LogP contribution < -0.4 is 4.74 Å². The molecule has 254 valence electrons. The minimum atomic E-state index is -0.449. The van der Waals surface area contributed by atoms with Crippen molar-refractivity contribution in [1.29, 1.82) is 0 Å². The first-order valence-corrected chi connectivity index (χ1v) is 17.1. The molecule has 0 saturated carbocycles. The number of aliphatic hydroxyl groups is 1. The fourth-order valence-electron chi connectivity index (χ4n) is 6.28. The first-order valence-electron chi connectivity index (χ1n) is 17.1. The second-order valence-electron chi connectivity index (χ2n) is 12.9. The molecule has 0 aliphatic carbocycles. The van der Waals surface area contributed by atoms with Gasteiger partial charge in [-0.25, -0.2) is 9.07 Å². The number of fused-ring (bicyclic) bond motifs is 1. The Bertz CT molecular complexity index is 1740. The van der Waals surface area contributed by atoms with Gasteiger partial charge in [0.05, 0.1) is 30.0 Å². The zero-order valence-corrected chi connectivity index (χ0v) is 28.7. The van der Waals surface area contributed by atoms with E-state index in [9.17, 15) is 19.1 Å². The number of nitrogens with zero attached hydrogens (tertiary/aromatic N) is 4.